The van der Waals surface area contributed by atoms with Gasteiger partial charge in [-0.15, -0.1) is 0 Å². The molecule has 26 heavy (non-hydrogen) atoms. The van der Waals surface area contributed by atoms with Gasteiger partial charge in [-0.05, 0) is 48.4 Å². The van der Waals surface area contributed by atoms with Crippen molar-refractivity contribution in [2.45, 2.75) is 13.3 Å². The Bertz CT molecular complexity index is 1080. The normalized spacial score (nSPS) is 11.0. The molecule has 130 valence electrons. The topological polar surface area (TPSA) is 51.5 Å². The van der Waals surface area contributed by atoms with E-state index in [1.54, 1.807) is 0 Å². The van der Waals surface area contributed by atoms with E-state index in [0.717, 1.165) is 34.0 Å². The molecule has 1 N–H and O–H groups in total. The van der Waals surface area contributed by atoms with Gasteiger partial charge in [-0.3, -0.25) is 4.79 Å². The van der Waals surface area contributed by atoms with Crippen molar-refractivity contribution < 1.29 is 13.9 Å². The van der Waals surface area contributed by atoms with Gasteiger partial charge in [0.25, 0.3) is 5.91 Å². The average molecular weight is 345 g/mol. The molecule has 0 spiro atoms. The molecule has 0 radical (unpaired) electrons. The fraction of sp³-hybridized carbons (Fsp3) is 0.136. The number of furan rings is 1. The molecule has 0 aliphatic carbocycles. The molecule has 1 amide bonds. The minimum Gasteiger partial charge on any atom is -0.484 e. The molecular formula is C22H19NO3. The highest BCUT2D eigenvalue weighted by molar-refractivity contribution is 6.05. The molecule has 0 fully saturated rings. The molecule has 0 atom stereocenters. The third kappa shape index (κ3) is 3.26. The predicted octanol–water partition coefficient (Wildman–Crippen LogP) is 5.17. The molecule has 0 aliphatic rings. The summed E-state index contributed by atoms with van der Waals surface area (Å²) in [6.45, 7) is 2.04. The summed E-state index contributed by atoms with van der Waals surface area (Å²) >= 11 is 0. The average Bonchev–Trinajstić information content (AvgIpc) is 3.04. The second-order valence-corrected chi connectivity index (χ2v) is 6.15. The van der Waals surface area contributed by atoms with Crippen molar-refractivity contribution in [1.82, 2.24) is 0 Å². The summed E-state index contributed by atoms with van der Waals surface area (Å²) in [7, 11) is 0. The summed E-state index contributed by atoms with van der Waals surface area (Å²) < 4.78 is 11.5. The van der Waals surface area contributed by atoms with Gasteiger partial charge >= 0.3 is 0 Å². The zero-order valence-corrected chi connectivity index (χ0v) is 14.5. The number of ether oxygens (including phenoxy) is 1. The van der Waals surface area contributed by atoms with Crippen molar-refractivity contribution in [2.24, 2.45) is 0 Å². The number of anilines is 1. The highest BCUT2D eigenvalue weighted by Gasteiger charge is 2.09. The van der Waals surface area contributed by atoms with Gasteiger partial charge in [0.2, 0.25) is 0 Å². The van der Waals surface area contributed by atoms with E-state index in [-0.39, 0.29) is 12.5 Å². The Morgan fingerprint density at radius 1 is 0.962 bits per heavy atom. The molecule has 1 heterocycles. The Morgan fingerprint density at radius 2 is 1.81 bits per heavy atom. The summed E-state index contributed by atoms with van der Waals surface area (Å²) in [6.07, 6.45) is 0.929. The lowest BCUT2D eigenvalue weighted by atomic mass is 10.1. The molecule has 4 heteroatoms. The highest BCUT2D eigenvalue weighted by atomic mass is 16.5. The SMILES string of the molecule is CCc1cccc(NC(=O)COc2ccc3oc4ccccc4c3c2)c1. The van der Waals surface area contributed by atoms with Crippen molar-refractivity contribution in [3.63, 3.8) is 0 Å². The lowest BCUT2D eigenvalue weighted by Crippen LogP contribution is -2.20. The third-order valence-electron chi connectivity index (χ3n) is 4.34. The smallest absolute Gasteiger partial charge is 0.262 e. The first kappa shape index (κ1) is 16.2. The zero-order valence-electron chi connectivity index (χ0n) is 14.5. The van der Waals surface area contributed by atoms with E-state index in [1.165, 1.54) is 5.56 Å². The van der Waals surface area contributed by atoms with Gasteiger partial charge in [-0.1, -0.05) is 37.3 Å². The fourth-order valence-corrected chi connectivity index (χ4v) is 3.01. The largest absolute Gasteiger partial charge is 0.484 e. The van der Waals surface area contributed by atoms with Gasteiger partial charge in [0.15, 0.2) is 6.61 Å². The highest BCUT2D eigenvalue weighted by Crippen LogP contribution is 2.31. The molecule has 3 aromatic carbocycles. The summed E-state index contributed by atoms with van der Waals surface area (Å²) in [4.78, 5) is 12.2. The summed E-state index contributed by atoms with van der Waals surface area (Å²) in [5.41, 5.74) is 3.61. The van der Waals surface area contributed by atoms with Gasteiger partial charge in [0, 0.05) is 16.5 Å². The second kappa shape index (κ2) is 6.92. The number of benzene rings is 3. The number of fused-ring (bicyclic) bond motifs is 3. The Labute approximate surface area is 151 Å². The first-order valence-corrected chi connectivity index (χ1v) is 8.66. The number of carbonyl (C=O) groups excluding carboxylic acids is 1. The maximum absolute atomic E-state index is 12.2. The van der Waals surface area contributed by atoms with Crippen molar-refractivity contribution in [3.05, 3.63) is 72.3 Å². The van der Waals surface area contributed by atoms with Gasteiger partial charge in [0.05, 0.1) is 0 Å². The van der Waals surface area contributed by atoms with Crippen LogP contribution in [-0.4, -0.2) is 12.5 Å². The zero-order chi connectivity index (χ0) is 17.9. The maximum Gasteiger partial charge on any atom is 0.262 e. The predicted molar refractivity (Wildman–Crippen MR) is 104 cm³/mol. The van der Waals surface area contributed by atoms with Crippen molar-refractivity contribution in [2.75, 3.05) is 11.9 Å². The molecule has 0 unspecified atom stereocenters. The van der Waals surface area contributed by atoms with E-state index >= 15 is 0 Å². The van der Waals surface area contributed by atoms with Crippen LogP contribution in [0.5, 0.6) is 5.75 Å². The van der Waals surface area contributed by atoms with Crippen LogP contribution in [0.2, 0.25) is 0 Å². The molecular weight excluding hydrogens is 326 g/mol. The molecule has 1 aromatic heterocycles. The Morgan fingerprint density at radius 3 is 2.69 bits per heavy atom. The van der Waals surface area contributed by atoms with Crippen LogP contribution in [0.15, 0.2) is 71.1 Å². The number of amides is 1. The number of hydrogen-bond donors (Lipinski definition) is 1. The van der Waals surface area contributed by atoms with E-state index < -0.39 is 0 Å². The van der Waals surface area contributed by atoms with E-state index in [0.29, 0.717) is 5.75 Å². The summed E-state index contributed by atoms with van der Waals surface area (Å²) in [5.74, 6) is 0.455. The number of nitrogens with one attached hydrogen (secondary N) is 1. The number of carbonyl (C=O) groups is 1. The fourth-order valence-electron chi connectivity index (χ4n) is 3.01. The van der Waals surface area contributed by atoms with Crippen LogP contribution >= 0.6 is 0 Å². The molecule has 0 aliphatic heterocycles. The van der Waals surface area contributed by atoms with Crippen molar-refractivity contribution >= 4 is 33.5 Å². The Balaban J connectivity index is 1.47. The number of para-hydroxylation sites is 1. The number of rotatable bonds is 5. The molecule has 0 saturated heterocycles. The monoisotopic (exact) mass is 345 g/mol. The standard InChI is InChI=1S/C22H19NO3/c1-2-15-6-5-7-16(12-15)23-22(24)14-25-17-10-11-21-19(13-17)18-8-3-4-9-20(18)26-21/h3-13H,2,14H2,1H3,(H,23,24). The summed E-state index contributed by atoms with van der Waals surface area (Å²) in [5, 5.41) is 4.88. The van der Waals surface area contributed by atoms with Gasteiger partial charge in [0.1, 0.15) is 16.9 Å². The molecule has 0 saturated carbocycles. The van der Waals surface area contributed by atoms with Crippen LogP contribution < -0.4 is 10.1 Å². The maximum atomic E-state index is 12.2. The minimum absolute atomic E-state index is 0.0440. The Hall–Kier alpha value is -3.27. The van der Waals surface area contributed by atoms with Crippen LogP contribution in [0.4, 0.5) is 5.69 Å². The third-order valence-corrected chi connectivity index (χ3v) is 4.34. The summed E-state index contributed by atoms with van der Waals surface area (Å²) in [6, 6.07) is 21.3. The van der Waals surface area contributed by atoms with Crippen LogP contribution in [0.1, 0.15) is 12.5 Å². The van der Waals surface area contributed by atoms with Crippen LogP contribution in [0, 0.1) is 0 Å². The Kier molecular flexibility index (Phi) is 4.32. The quantitative estimate of drug-likeness (QED) is 0.543. The van der Waals surface area contributed by atoms with E-state index in [4.69, 9.17) is 9.15 Å². The van der Waals surface area contributed by atoms with E-state index in [1.807, 2.05) is 66.7 Å². The molecule has 4 aromatic rings. The minimum atomic E-state index is -0.185. The van der Waals surface area contributed by atoms with Gasteiger partial charge in [-0.2, -0.15) is 0 Å². The van der Waals surface area contributed by atoms with Crippen LogP contribution in [0.25, 0.3) is 21.9 Å². The first-order chi connectivity index (χ1) is 12.7. The van der Waals surface area contributed by atoms with Crippen molar-refractivity contribution in [3.8, 4) is 5.75 Å². The molecule has 4 rings (SSSR count). The van der Waals surface area contributed by atoms with E-state index in [9.17, 15) is 4.79 Å². The van der Waals surface area contributed by atoms with Gasteiger partial charge < -0.3 is 14.5 Å². The van der Waals surface area contributed by atoms with E-state index in [2.05, 4.69) is 12.2 Å². The number of aryl methyl sites for hydroxylation is 1. The second-order valence-electron chi connectivity index (χ2n) is 6.15. The lowest BCUT2D eigenvalue weighted by molar-refractivity contribution is -0.118. The van der Waals surface area contributed by atoms with Gasteiger partial charge in [-0.25, -0.2) is 0 Å². The lowest BCUT2D eigenvalue weighted by Gasteiger charge is -2.08. The first-order valence-electron chi connectivity index (χ1n) is 8.66. The van der Waals surface area contributed by atoms with Crippen LogP contribution in [-0.2, 0) is 11.2 Å². The molecule has 4 nitrogen and oxygen atoms in total. The van der Waals surface area contributed by atoms with Crippen molar-refractivity contribution in [1.29, 1.82) is 0 Å². The van der Waals surface area contributed by atoms with Crippen LogP contribution in [0.3, 0.4) is 0 Å². The number of hydrogen-bond acceptors (Lipinski definition) is 3. The molecule has 0 bridgehead atoms.